The van der Waals surface area contributed by atoms with Crippen molar-refractivity contribution in [2.45, 2.75) is 24.9 Å². The molecular weight excluding hydrogens is 408 g/mol. The van der Waals surface area contributed by atoms with E-state index in [1.807, 2.05) is 67.1 Å². The molecule has 2 aromatic carbocycles. The minimum atomic E-state index is -0.0718. The topological polar surface area (TPSA) is 69.0 Å². The largest absolute Gasteiger partial charge is 0.493 e. The molecule has 152 valence electrons. The van der Waals surface area contributed by atoms with Crippen LogP contribution in [-0.4, -0.2) is 33.0 Å². The van der Waals surface area contributed by atoms with Gasteiger partial charge in [0.05, 0.1) is 12.4 Å². The zero-order valence-electron chi connectivity index (χ0n) is 16.4. The molecule has 0 saturated heterocycles. The summed E-state index contributed by atoms with van der Waals surface area (Å²) in [6, 6.07) is 15.0. The highest BCUT2D eigenvalue weighted by Gasteiger charge is 2.12. The minimum absolute atomic E-state index is 0.0718. The summed E-state index contributed by atoms with van der Waals surface area (Å²) in [6.45, 7) is 2.55. The summed E-state index contributed by atoms with van der Waals surface area (Å²) in [5, 5.41) is 12.7. The third-order valence-corrected chi connectivity index (χ3v) is 5.51. The van der Waals surface area contributed by atoms with Crippen LogP contribution in [-0.2, 0) is 18.3 Å². The Morgan fingerprint density at radius 2 is 2.00 bits per heavy atom. The molecule has 6 nitrogen and oxygen atoms in total. The number of anilines is 1. The van der Waals surface area contributed by atoms with Gasteiger partial charge in [0.1, 0.15) is 11.6 Å². The van der Waals surface area contributed by atoms with E-state index in [1.54, 1.807) is 0 Å². The zero-order valence-corrected chi connectivity index (χ0v) is 18.0. The number of aryl methyl sites for hydroxylation is 2. The van der Waals surface area contributed by atoms with Crippen molar-refractivity contribution in [3.05, 3.63) is 64.9 Å². The number of halogens is 1. The number of hydrogen-bond donors (Lipinski definition) is 1. The Kier molecular flexibility index (Phi) is 7.55. The van der Waals surface area contributed by atoms with Crippen molar-refractivity contribution in [3.8, 4) is 5.75 Å². The maximum absolute atomic E-state index is 12.1. The lowest BCUT2D eigenvalue weighted by Gasteiger charge is -2.09. The van der Waals surface area contributed by atoms with E-state index < -0.39 is 0 Å². The van der Waals surface area contributed by atoms with Gasteiger partial charge in [0.15, 0.2) is 5.16 Å². The Balaban J connectivity index is 1.43. The highest BCUT2D eigenvalue weighted by molar-refractivity contribution is 7.99. The van der Waals surface area contributed by atoms with Crippen molar-refractivity contribution in [1.29, 1.82) is 0 Å². The summed E-state index contributed by atoms with van der Waals surface area (Å²) in [5.41, 5.74) is 1.80. The van der Waals surface area contributed by atoms with Crippen LogP contribution in [0, 0.1) is 6.92 Å². The molecule has 0 aliphatic rings. The number of benzene rings is 2. The van der Waals surface area contributed by atoms with Gasteiger partial charge in [0.25, 0.3) is 0 Å². The summed E-state index contributed by atoms with van der Waals surface area (Å²) >= 11 is 7.33. The third kappa shape index (κ3) is 6.24. The van der Waals surface area contributed by atoms with Gasteiger partial charge >= 0.3 is 0 Å². The molecule has 0 radical (unpaired) electrons. The van der Waals surface area contributed by atoms with Crippen LogP contribution >= 0.6 is 23.4 Å². The van der Waals surface area contributed by atoms with E-state index >= 15 is 0 Å². The Hall–Kier alpha value is -2.51. The fourth-order valence-corrected chi connectivity index (χ4v) is 3.68. The van der Waals surface area contributed by atoms with Gasteiger partial charge in [-0.15, -0.1) is 10.2 Å². The van der Waals surface area contributed by atoms with Crippen LogP contribution in [0.5, 0.6) is 5.75 Å². The predicted molar refractivity (Wildman–Crippen MR) is 117 cm³/mol. The molecule has 0 aliphatic heterocycles. The summed E-state index contributed by atoms with van der Waals surface area (Å²) in [7, 11) is 1.91. The van der Waals surface area contributed by atoms with Gasteiger partial charge < -0.3 is 14.6 Å². The van der Waals surface area contributed by atoms with E-state index in [0.717, 1.165) is 40.8 Å². The Morgan fingerprint density at radius 1 is 1.21 bits per heavy atom. The number of hydrogen-bond acceptors (Lipinski definition) is 5. The first-order valence-electron chi connectivity index (χ1n) is 9.28. The number of carbonyl (C=O) groups is 1. The number of aromatic nitrogens is 3. The van der Waals surface area contributed by atoms with Crippen LogP contribution in [0.15, 0.2) is 53.7 Å². The lowest BCUT2D eigenvalue weighted by Crippen LogP contribution is -2.14. The standard InChI is InChI=1S/C21H23ClN4O2S/c1-15-13-16(22)10-11-18(15)28-12-6-9-19-24-25-21(26(19)2)29-14-20(27)23-17-7-4-3-5-8-17/h3-5,7-8,10-11,13H,6,9,12,14H2,1-2H3,(H,23,27). The molecular formula is C21H23ClN4O2S. The van der Waals surface area contributed by atoms with E-state index in [0.29, 0.717) is 11.6 Å². The molecule has 3 aromatic rings. The molecule has 0 aliphatic carbocycles. The van der Waals surface area contributed by atoms with E-state index in [4.69, 9.17) is 16.3 Å². The highest BCUT2D eigenvalue weighted by Crippen LogP contribution is 2.22. The molecule has 1 N–H and O–H groups in total. The lowest BCUT2D eigenvalue weighted by atomic mass is 10.2. The van der Waals surface area contributed by atoms with Crippen molar-refractivity contribution < 1.29 is 9.53 Å². The van der Waals surface area contributed by atoms with Crippen molar-refractivity contribution in [3.63, 3.8) is 0 Å². The van der Waals surface area contributed by atoms with E-state index in [9.17, 15) is 4.79 Å². The number of nitrogens with zero attached hydrogens (tertiary/aromatic N) is 3. The first-order valence-corrected chi connectivity index (χ1v) is 10.6. The quantitative estimate of drug-likeness (QED) is 0.399. The number of thioether (sulfide) groups is 1. The Bertz CT molecular complexity index is 963. The second kappa shape index (κ2) is 10.3. The van der Waals surface area contributed by atoms with Gasteiger partial charge in [0.2, 0.25) is 5.91 Å². The maximum Gasteiger partial charge on any atom is 0.234 e. The predicted octanol–water partition coefficient (Wildman–Crippen LogP) is 4.52. The van der Waals surface area contributed by atoms with Gasteiger partial charge in [0, 0.05) is 24.2 Å². The summed E-state index contributed by atoms with van der Waals surface area (Å²) in [6.07, 6.45) is 1.56. The lowest BCUT2D eigenvalue weighted by molar-refractivity contribution is -0.113. The average molecular weight is 431 g/mol. The molecule has 0 atom stereocenters. The molecule has 29 heavy (non-hydrogen) atoms. The Labute approximate surface area is 179 Å². The van der Waals surface area contributed by atoms with Crippen molar-refractivity contribution >= 4 is 35.0 Å². The van der Waals surface area contributed by atoms with Gasteiger partial charge in [-0.3, -0.25) is 4.79 Å². The number of rotatable bonds is 9. The zero-order chi connectivity index (χ0) is 20.6. The minimum Gasteiger partial charge on any atom is -0.493 e. The number of nitrogens with one attached hydrogen (secondary N) is 1. The van der Waals surface area contributed by atoms with Gasteiger partial charge in [-0.25, -0.2) is 0 Å². The van der Waals surface area contributed by atoms with Crippen LogP contribution in [0.4, 0.5) is 5.69 Å². The van der Waals surface area contributed by atoms with Gasteiger partial charge in [-0.1, -0.05) is 41.6 Å². The van der Waals surface area contributed by atoms with Crippen LogP contribution in [0.3, 0.4) is 0 Å². The summed E-state index contributed by atoms with van der Waals surface area (Å²) in [5.74, 6) is 1.91. The monoisotopic (exact) mass is 430 g/mol. The maximum atomic E-state index is 12.1. The smallest absolute Gasteiger partial charge is 0.234 e. The first-order chi connectivity index (χ1) is 14.0. The SMILES string of the molecule is Cc1cc(Cl)ccc1OCCCc1nnc(SCC(=O)Nc2ccccc2)n1C. The normalized spacial score (nSPS) is 10.7. The number of carbonyl (C=O) groups excluding carboxylic acids is 1. The molecule has 8 heteroatoms. The van der Waals surface area contributed by atoms with Crippen LogP contribution in [0.25, 0.3) is 0 Å². The molecule has 0 saturated carbocycles. The van der Waals surface area contributed by atoms with Crippen LogP contribution in [0.1, 0.15) is 17.8 Å². The third-order valence-electron chi connectivity index (χ3n) is 4.25. The summed E-state index contributed by atoms with van der Waals surface area (Å²) < 4.78 is 7.75. The second-order valence-corrected chi connectivity index (χ2v) is 7.90. The molecule has 1 amide bonds. The number of para-hydroxylation sites is 1. The average Bonchev–Trinajstić information content (AvgIpc) is 3.05. The molecule has 3 rings (SSSR count). The highest BCUT2D eigenvalue weighted by atomic mass is 35.5. The van der Waals surface area contributed by atoms with E-state index in [1.165, 1.54) is 11.8 Å². The van der Waals surface area contributed by atoms with Crippen molar-refractivity contribution in [2.24, 2.45) is 7.05 Å². The van der Waals surface area contributed by atoms with Crippen LogP contribution in [0.2, 0.25) is 5.02 Å². The number of ether oxygens (including phenoxy) is 1. The molecule has 0 spiro atoms. The van der Waals surface area contributed by atoms with Crippen LogP contribution < -0.4 is 10.1 Å². The Morgan fingerprint density at radius 3 is 2.76 bits per heavy atom. The first kappa shape index (κ1) is 21.2. The molecule has 1 heterocycles. The molecule has 0 bridgehead atoms. The van der Waals surface area contributed by atoms with Gasteiger partial charge in [-0.05, 0) is 49.2 Å². The van der Waals surface area contributed by atoms with Crippen molar-refractivity contribution in [1.82, 2.24) is 14.8 Å². The second-order valence-electron chi connectivity index (χ2n) is 6.52. The van der Waals surface area contributed by atoms with Crippen molar-refractivity contribution in [2.75, 3.05) is 17.7 Å². The fraction of sp³-hybridized carbons (Fsp3) is 0.286. The van der Waals surface area contributed by atoms with E-state index in [2.05, 4.69) is 15.5 Å². The van der Waals surface area contributed by atoms with E-state index in [-0.39, 0.29) is 11.7 Å². The number of amides is 1. The molecule has 1 aromatic heterocycles. The molecule has 0 fully saturated rings. The summed E-state index contributed by atoms with van der Waals surface area (Å²) in [4.78, 5) is 12.1. The van der Waals surface area contributed by atoms with Gasteiger partial charge in [-0.2, -0.15) is 0 Å². The fourth-order valence-electron chi connectivity index (χ4n) is 2.72. The molecule has 0 unspecified atom stereocenters.